The number of aromatic carboxylic acids is 1. The molecular weight excluding hydrogens is 300 g/mol. The van der Waals surface area contributed by atoms with E-state index in [0.29, 0.717) is 12.4 Å². The topological polar surface area (TPSA) is 75.2 Å². The van der Waals surface area contributed by atoms with Crippen LogP contribution in [-0.4, -0.2) is 33.4 Å². The zero-order valence-electron chi connectivity index (χ0n) is 11.7. The second kappa shape index (κ2) is 6.53. The average molecular weight is 314 g/mol. The molecule has 3 rings (SSSR count). The molecule has 0 spiro atoms. The molecule has 6 heteroatoms. The molecule has 0 bridgehead atoms. The molecule has 0 aliphatic carbocycles. The second-order valence-electron chi connectivity index (χ2n) is 4.59. The molecule has 0 amide bonds. The first-order chi connectivity index (χ1) is 10.7. The molecule has 0 aliphatic rings. The molecule has 2 aromatic carbocycles. The molecule has 0 radical (unpaired) electrons. The maximum atomic E-state index is 10.7. The number of aromatic nitrogens is 2. The lowest BCUT2D eigenvalue weighted by molar-refractivity contribution is 0.0697. The Hall–Kier alpha value is -2.47. The van der Waals surface area contributed by atoms with E-state index in [4.69, 9.17) is 9.84 Å². The number of hydrogen-bond donors (Lipinski definition) is 2. The molecule has 5 nitrogen and oxygen atoms in total. The first-order valence-electron chi connectivity index (χ1n) is 6.76. The van der Waals surface area contributed by atoms with E-state index in [1.807, 2.05) is 24.3 Å². The maximum absolute atomic E-state index is 10.7. The number of imidazole rings is 1. The largest absolute Gasteiger partial charge is 0.493 e. The number of nitrogens with zero attached hydrogens (tertiary/aromatic N) is 1. The third-order valence-electron chi connectivity index (χ3n) is 3.06. The number of H-pyrrole nitrogens is 1. The highest BCUT2D eigenvalue weighted by Crippen LogP contribution is 2.19. The van der Waals surface area contributed by atoms with E-state index < -0.39 is 5.97 Å². The second-order valence-corrected chi connectivity index (χ2v) is 5.67. The van der Waals surface area contributed by atoms with Crippen molar-refractivity contribution in [1.29, 1.82) is 0 Å². The predicted octanol–water partition coefficient (Wildman–Crippen LogP) is 3.43. The number of rotatable bonds is 6. The Bertz CT molecular complexity index is 750. The summed E-state index contributed by atoms with van der Waals surface area (Å²) in [5.74, 6) is 0.475. The number of para-hydroxylation sites is 2. The molecule has 0 saturated carbocycles. The lowest BCUT2D eigenvalue weighted by Gasteiger charge is -2.05. The van der Waals surface area contributed by atoms with Crippen LogP contribution >= 0.6 is 11.8 Å². The fraction of sp³-hybridized carbons (Fsp3) is 0.125. The van der Waals surface area contributed by atoms with Crippen molar-refractivity contribution < 1.29 is 14.6 Å². The highest BCUT2D eigenvalue weighted by molar-refractivity contribution is 7.99. The Balaban J connectivity index is 1.49. The van der Waals surface area contributed by atoms with E-state index in [-0.39, 0.29) is 5.56 Å². The van der Waals surface area contributed by atoms with Gasteiger partial charge in [-0.05, 0) is 36.4 Å². The van der Waals surface area contributed by atoms with Gasteiger partial charge in [0.25, 0.3) is 0 Å². The summed E-state index contributed by atoms with van der Waals surface area (Å²) in [7, 11) is 0. The first-order valence-corrected chi connectivity index (χ1v) is 7.74. The molecule has 1 aromatic heterocycles. The Morgan fingerprint density at radius 2 is 1.95 bits per heavy atom. The van der Waals surface area contributed by atoms with E-state index >= 15 is 0 Å². The third-order valence-corrected chi connectivity index (χ3v) is 3.90. The highest BCUT2D eigenvalue weighted by atomic mass is 32.2. The van der Waals surface area contributed by atoms with Crippen LogP contribution in [0.4, 0.5) is 0 Å². The number of thioether (sulfide) groups is 1. The Kier molecular flexibility index (Phi) is 4.29. The quantitative estimate of drug-likeness (QED) is 0.538. The number of hydrogen-bond acceptors (Lipinski definition) is 4. The SMILES string of the molecule is O=C(O)c1ccc(OCCSc2nc3ccccc3[nH]2)cc1. The van der Waals surface area contributed by atoms with Crippen molar-refractivity contribution in [2.75, 3.05) is 12.4 Å². The van der Waals surface area contributed by atoms with Gasteiger partial charge in [0.05, 0.1) is 23.2 Å². The monoisotopic (exact) mass is 314 g/mol. The fourth-order valence-electron chi connectivity index (χ4n) is 1.99. The highest BCUT2D eigenvalue weighted by Gasteiger charge is 2.04. The van der Waals surface area contributed by atoms with Crippen molar-refractivity contribution in [3.05, 3.63) is 54.1 Å². The van der Waals surface area contributed by atoms with Crippen LogP contribution in [0.25, 0.3) is 11.0 Å². The molecule has 0 aliphatic heterocycles. The van der Waals surface area contributed by atoms with Gasteiger partial charge >= 0.3 is 5.97 Å². The molecule has 0 unspecified atom stereocenters. The van der Waals surface area contributed by atoms with Crippen LogP contribution in [0, 0.1) is 0 Å². The summed E-state index contributed by atoms with van der Waals surface area (Å²) in [5, 5.41) is 9.69. The lowest BCUT2D eigenvalue weighted by atomic mass is 10.2. The van der Waals surface area contributed by atoms with Crippen LogP contribution in [0.5, 0.6) is 5.75 Å². The molecule has 2 N–H and O–H groups in total. The minimum absolute atomic E-state index is 0.254. The van der Waals surface area contributed by atoms with Crippen molar-refractivity contribution >= 4 is 28.8 Å². The van der Waals surface area contributed by atoms with Gasteiger partial charge in [-0.2, -0.15) is 0 Å². The summed E-state index contributed by atoms with van der Waals surface area (Å²) >= 11 is 1.59. The van der Waals surface area contributed by atoms with Gasteiger partial charge in [-0.15, -0.1) is 0 Å². The summed E-state index contributed by atoms with van der Waals surface area (Å²) in [6, 6.07) is 14.3. The zero-order valence-corrected chi connectivity index (χ0v) is 12.5. The number of carboxylic acid groups (broad SMARTS) is 1. The number of fused-ring (bicyclic) bond motifs is 1. The van der Waals surface area contributed by atoms with Crippen molar-refractivity contribution in [2.45, 2.75) is 5.16 Å². The molecular formula is C16H14N2O3S. The molecule has 0 saturated heterocycles. The van der Waals surface area contributed by atoms with Crippen LogP contribution in [0.2, 0.25) is 0 Å². The normalized spacial score (nSPS) is 10.7. The van der Waals surface area contributed by atoms with Crippen LogP contribution in [0.15, 0.2) is 53.7 Å². The molecule has 3 aromatic rings. The summed E-state index contributed by atoms with van der Waals surface area (Å²) in [5.41, 5.74) is 2.23. The van der Waals surface area contributed by atoms with E-state index in [9.17, 15) is 4.79 Å². The van der Waals surface area contributed by atoms with E-state index in [0.717, 1.165) is 21.9 Å². The molecule has 22 heavy (non-hydrogen) atoms. The van der Waals surface area contributed by atoms with Crippen molar-refractivity contribution in [2.24, 2.45) is 0 Å². The van der Waals surface area contributed by atoms with Crippen molar-refractivity contribution in [3.63, 3.8) is 0 Å². The van der Waals surface area contributed by atoms with Gasteiger partial charge in [0, 0.05) is 5.75 Å². The molecule has 1 heterocycles. The third kappa shape index (κ3) is 3.40. The first kappa shape index (κ1) is 14.5. The summed E-state index contributed by atoms with van der Waals surface area (Å²) in [4.78, 5) is 18.5. The summed E-state index contributed by atoms with van der Waals surface area (Å²) < 4.78 is 5.58. The standard InChI is InChI=1S/C16H14N2O3S/c19-15(20)11-5-7-12(8-6-11)21-9-10-22-16-17-13-3-1-2-4-14(13)18-16/h1-8H,9-10H2,(H,17,18)(H,19,20). The van der Waals surface area contributed by atoms with Gasteiger partial charge in [-0.1, -0.05) is 23.9 Å². The van der Waals surface area contributed by atoms with Gasteiger partial charge in [-0.3, -0.25) is 0 Å². The lowest BCUT2D eigenvalue weighted by Crippen LogP contribution is -2.01. The van der Waals surface area contributed by atoms with E-state index in [2.05, 4.69) is 9.97 Å². The van der Waals surface area contributed by atoms with E-state index in [1.165, 1.54) is 12.1 Å². The van der Waals surface area contributed by atoms with Crippen LogP contribution in [0.3, 0.4) is 0 Å². The van der Waals surface area contributed by atoms with Crippen LogP contribution in [-0.2, 0) is 0 Å². The average Bonchev–Trinajstić information content (AvgIpc) is 2.95. The number of carboxylic acids is 1. The van der Waals surface area contributed by atoms with Gasteiger partial charge < -0.3 is 14.8 Å². The van der Waals surface area contributed by atoms with E-state index in [1.54, 1.807) is 23.9 Å². The zero-order chi connectivity index (χ0) is 15.4. The maximum Gasteiger partial charge on any atom is 0.335 e. The molecule has 0 fully saturated rings. The summed E-state index contributed by atoms with van der Waals surface area (Å²) in [6.45, 7) is 0.522. The smallest absolute Gasteiger partial charge is 0.335 e. The van der Waals surface area contributed by atoms with Crippen LogP contribution in [0.1, 0.15) is 10.4 Å². The molecule has 0 atom stereocenters. The van der Waals surface area contributed by atoms with Gasteiger partial charge in [0.1, 0.15) is 5.75 Å². The van der Waals surface area contributed by atoms with Gasteiger partial charge in [0.15, 0.2) is 5.16 Å². The van der Waals surface area contributed by atoms with Gasteiger partial charge in [0.2, 0.25) is 0 Å². The Morgan fingerprint density at radius 3 is 2.68 bits per heavy atom. The minimum atomic E-state index is -0.938. The number of benzene rings is 2. The number of carbonyl (C=O) groups is 1. The summed E-state index contributed by atoms with van der Waals surface area (Å²) in [6.07, 6.45) is 0. The predicted molar refractivity (Wildman–Crippen MR) is 85.7 cm³/mol. The fourth-order valence-corrected chi connectivity index (χ4v) is 2.69. The van der Waals surface area contributed by atoms with Crippen molar-refractivity contribution in [3.8, 4) is 5.75 Å². The minimum Gasteiger partial charge on any atom is -0.493 e. The Morgan fingerprint density at radius 1 is 1.18 bits per heavy atom. The number of ether oxygens (including phenoxy) is 1. The number of nitrogens with one attached hydrogen (secondary N) is 1. The number of aromatic amines is 1. The van der Waals surface area contributed by atoms with Crippen LogP contribution < -0.4 is 4.74 Å². The Labute approximate surface area is 131 Å². The van der Waals surface area contributed by atoms with Gasteiger partial charge in [-0.25, -0.2) is 9.78 Å². The molecule has 112 valence electrons. The van der Waals surface area contributed by atoms with Crippen molar-refractivity contribution in [1.82, 2.24) is 9.97 Å².